The van der Waals surface area contributed by atoms with Gasteiger partial charge in [0.1, 0.15) is 11.9 Å². The van der Waals surface area contributed by atoms with Crippen molar-refractivity contribution in [2.24, 2.45) is 7.05 Å². The largest absolute Gasteiger partial charge is 0.336 e. The lowest BCUT2D eigenvalue weighted by Crippen LogP contribution is -2.51. The normalized spacial score (nSPS) is 17.8. The zero-order chi connectivity index (χ0) is 14.5. The van der Waals surface area contributed by atoms with E-state index in [1.54, 1.807) is 6.20 Å². The second-order valence-corrected chi connectivity index (χ2v) is 5.44. The summed E-state index contributed by atoms with van der Waals surface area (Å²) in [6, 6.07) is 0.0336. The lowest BCUT2D eigenvalue weighted by molar-refractivity contribution is -0.135. The maximum Gasteiger partial charge on any atom is 0.237 e. The summed E-state index contributed by atoms with van der Waals surface area (Å²) in [6.45, 7) is 5.93. The number of hydrogen-bond donors (Lipinski definition) is 1. The molecule has 1 aromatic rings. The minimum atomic E-state index is 0. The molecule has 128 valence electrons. The molecule has 0 spiro atoms. The number of aryl methyl sites for hydroxylation is 1. The van der Waals surface area contributed by atoms with Crippen molar-refractivity contribution in [2.45, 2.75) is 19.4 Å². The van der Waals surface area contributed by atoms with E-state index in [1.807, 2.05) is 29.8 Å². The molecular formula is C14H27Cl2N5O. The Kier molecular flexibility index (Phi) is 9.67. The fraction of sp³-hybridized carbons (Fsp3) is 0.714. The first kappa shape index (κ1) is 21.2. The Labute approximate surface area is 145 Å². The van der Waals surface area contributed by atoms with Crippen LogP contribution in [0.4, 0.5) is 0 Å². The molecule has 1 fully saturated rings. The summed E-state index contributed by atoms with van der Waals surface area (Å²) in [6.07, 6.45) is 4.78. The average Bonchev–Trinajstić information content (AvgIpc) is 2.85. The van der Waals surface area contributed by atoms with Gasteiger partial charge in [-0.25, -0.2) is 4.98 Å². The number of carbonyl (C=O) groups excluding carboxylic acids is 1. The smallest absolute Gasteiger partial charge is 0.237 e. The SMILES string of the molecule is CCCN(C)CC(=O)N1CCNCC1c1nccn1C.Cl.Cl. The van der Waals surface area contributed by atoms with Crippen LogP contribution in [0.2, 0.25) is 0 Å². The Hall–Kier alpha value is -0.820. The number of amides is 1. The third-order valence-corrected chi connectivity index (χ3v) is 3.73. The number of rotatable bonds is 5. The van der Waals surface area contributed by atoms with Crippen molar-refractivity contribution >= 4 is 30.7 Å². The summed E-state index contributed by atoms with van der Waals surface area (Å²) in [4.78, 5) is 21.0. The number of likely N-dealkylation sites (N-methyl/N-ethyl adjacent to an activating group) is 1. The molecule has 8 heteroatoms. The van der Waals surface area contributed by atoms with Gasteiger partial charge in [-0.1, -0.05) is 6.92 Å². The summed E-state index contributed by atoms with van der Waals surface area (Å²) in [5.41, 5.74) is 0. The van der Waals surface area contributed by atoms with Crippen molar-refractivity contribution in [3.05, 3.63) is 18.2 Å². The minimum absolute atomic E-state index is 0. The molecule has 0 aromatic carbocycles. The summed E-state index contributed by atoms with van der Waals surface area (Å²) >= 11 is 0. The van der Waals surface area contributed by atoms with E-state index in [2.05, 4.69) is 22.1 Å². The first-order valence-corrected chi connectivity index (χ1v) is 7.29. The standard InChI is InChI=1S/C14H25N5O.2ClH/c1-4-7-17(2)11-13(20)19-9-5-15-10-12(19)14-16-6-8-18(14)3;;/h6,8,12,15H,4-5,7,9-11H2,1-3H3;2*1H. The Morgan fingerprint density at radius 1 is 1.50 bits per heavy atom. The number of piperazine rings is 1. The number of aromatic nitrogens is 2. The monoisotopic (exact) mass is 351 g/mol. The minimum Gasteiger partial charge on any atom is -0.336 e. The van der Waals surface area contributed by atoms with Gasteiger partial charge in [-0.3, -0.25) is 9.69 Å². The molecule has 0 saturated carbocycles. The van der Waals surface area contributed by atoms with E-state index in [9.17, 15) is 4.79 Å². The zero-order valence-corrected chi connectivity index (χ0v) is 15.1. The molecule has 1 amide bonds. The number of imidazole rings is 1. The van der Waals surface area contributed by atoms with Crippen LogP contribution in [0.3, 0.4) is 0 Å². The van der Waals surface area contributed by atoms with Gasteiger partial charge in [0.05, 0.1) is 6.54 Å². The highest BCUT2D eigenvalue weighted by Gasteiger charge is 2.30. The molecule has 0 bridgehead atoms. The van der Waals surface area contributed by atoms with Crippen LogP contribution in [0.25, 0.3) is 0 Å². The molecule has 2 heterocycles. The zero-order valence-electron chi connectivity index (χ0n) is 13.5. The third kappa shape index (κ3) is 5.12. The van der Waals surface area contributed by atoms with Crippen molar-refractivity contribution in [3.63, 3.8) is 0 Å². The molecule has 1 saturated heterocycles. The van der Waals surface area contributed by atoms with Crippen LogP contribution in [0, 0.1) is 0 Å². The number of halogens is 2. The van der Waals surface area contributed by atoms with Gasteiger partial charge in [-0.15, -0.1) is 24.8 Å². The van der Waals surface area contributed by atoms with Gasteiger partial charge in [-0.2, -0.15) is 0 Å². The van der Waals surface area contributed by atoms with Gasteiger partial charge in [0.25, 0.3) is 0 Å². The van der Waals surface area contributed by atoms with E-state index < -0.39 is 0 Å². The van der Waals surface area contributed by atoms with Gasteiger partial charge >= 0.3 is 0 Å². The molecule has 1 N–H and O–H groups in total. The van der Waals surface area contributed by atoms with Crippen molar-refractivity contribution in [3.8, 4) is 0 Å². The molecular weight excluding hydrogens is 325 g/mol. The van der Waals surface area contributed by atoms with Crippen molar-refractivity contribution in [1.29, 1.82) is 0 Å². The van der Waals surface area contributed by atoms with Crippen LogP contribution in [0.1, 0.15) is 25.2 Å². The van der Waals surface area contributed by atoms with E-state index in [4.69, 9.17) is 0 Å². The molecule has 0 radical (unpaired) electrons. The van der Waals surface area contributed by atoms with Gasteiger partial charge in [-0.05, 0) is 20.0 Å². The quantitative estimate of drug-likeness (QED) is 0.862. The van der Waals surface area contributed by atoms with E-state index in [0.29, 0.717) is 6.54 Å². The summed E-state index contributed by atoms with van der Waals surface area (Å²) in [5, 5.41) is 3.35. The highest BCUT2D eigenvalue weighted by molar-refractivity contribution is 5.85. The Balaban J connectivity index is 0.00000220. The summed E-state index contributed by atoms with van der Waals surface area (Å²) < 4.78 is 1.99. The van der Waals surface area contributed by atoms with Crippen molar-refractivity contribution < 1.29 is 4.79 Å². The first-order chi connectivity index (χ1) is 9.63. The topological polar surface area (TPSA) is 53.4 Å². The van der Waals surface area contributed by atoms with Gasteiger partial charge in [0.15, 0.2) is 0 Å². The van der Waals surface area contributed by atoms with E-state index in [1.165, 1.54) is 0 Å². The van der Waals surface area contributed by atoms with Crippen LogP contribution < -0.4 is 5.32 Å². The van der Waals surface area contributed by atoms with Crippen LogP contribution >= 0.6 is 24.8 Å². The maximum atomic E-state index is 12.5. The van der Waals surface area contributed by atoms with Crippen molar-refractivity contribution in [2.75, 3.05) is 39.8 Å². The maximum absolute atomic E-state index is 12.5. The first-order valence-electron chi connectivity index (χ1n) is 7.29. The highest BCUT2D eigenvalue weighted by atomic mass is 35.5. The molecule has 1 atom stereocenters. The van der Waals surface area contributed by atoms with Crippen LogP contribution in [-0.2, 0) is 11.8 Å². The molecule has 6 nitrogen and oxygen atoms in total. The summed E-state index contributed by atoms with van der Waals surface area (Å²) in [7, 11) is 3.97. The second kappa shape index (κ2) is 10.0. The number of nitrogens with zero attached hydrogens (tertiary/aromatic N) is 4. The fourth-order valence-electron chi connectivity index (χ4n) is 2.71. The number of hydrogen-bond acceptors (Lipinski definition) is 4. The van der Waals surface area contributed by atoms with E-state index in [-0.39, 0.29) is 36.8 Å². The third-order valence-electron chi connectivity index (χ3n) is 3.73. The van der Waals surface area contributed by atoms with Crippen LogP contribution in [0.15, 0.2) is 12.4 Å². The lowest BCUT2D eigenvalue weighted by Gasteiger charge is -2.36. The van der Waals surface area contributed by atoms with Crippen LogP contribution in [0.5, 0.6) is 0 Å². The Morgan fingerprint density at radius 2 is 2.23 bits per heavy atom. The van der Waals surface area contributed by atoms with Crippen molar-refractivity contribution in [1.82, 2.24) is 24.7 Å². The van der Waals surface area contributed by atoms with E-state index >= 15 is 0 Å². The van der Waals surface area contributed by atoms with E-state index in [0.717, 1.165) is 38.4 Å². The predicted molar refractivity (Wildman–Crippen MR) is 92.8 cm³/mol. The molecule has 0 aliphatic carbocycles. The molecule has 1 aliphatic rings. The van der Waals surface area contributed by atoms with Gasteiger partial charge in [0.2, 0.25) is 5.91 Å². The second-order valence-electron chi connectivity index (χ2n) is 5.44. The molecule has 22 heavy (non-hydrogen) atoms. The molecule has 1 unspecified atom stereocenters. The van der Waals surface area contributed by atoms with Crippen LogP contribution in [-0.4, -0.2) is 65.0 Å². The van der Waals surface area contributed by atoms with Gasteiger partial charge < -0.3 is 14.8 Å². The Morgan fingerprint density at radius 3 is 2.82 bits per heavy atom. The predicted octanol–water partition coefficient (Wildman–Crippen LogP) is 1.08. The number of carbonyl (C=O) groups is 1. The highest BCUT2D eigenvalue weighted by Crippen LogP contribution is 2.20. The lowest BCUT2D eigenvalue weighted by atomic mass is 10.1. The summed E-state index contributed by atoms with van der Waals surface area (Å²) in [5.74, 6) is 1.14. The molecule has 1 aromatic heterocycles. The molecule has 2 rings (SSSR count). The van der Waals surface area contributed by atoms with Gasteiger partial charge in [0, 0.05) is 39.1 Å². The Bertz CT molecular complexity index is 454. The average molecular weight is 352 g/mol. The fourth-order valence-corrected chi connectivity index (χ4v) is 2.71. The molecule has 1 aliphatic heterocycles. The number of nitrogens with one attached hydrogen (secondary N) is 1.